The number of fused-ring (bicyclic) bond motifs is 3. The van der Waals surface area contributed by atoms with Gasteiger partial charge in [-0.2, -0.15) is 0 Å². The first-order chi connectivity index (χ1) is 7.57. The van der Waals surface area contributed by atoms with Gasteiger partial charge in [0.2, 0.25) is 0 Å². The predicted octanol–water partition coefficient (Wildman–Crippen LogP) is 0.830. The van der Waals surface area contributed by atoms with E-state index in [0.717, 1.165) is 12.3 Å². The summed E-state index contributed by atoms with van der Waals surface area (Å²) in [4.78, 5) is 2.58. The summed E-state index contributed by atoms with van der Waals surface area (Å²) in [5, 5.41) is 13.6. The van der Waals surface area contributed by atoms with Gasteiger partial charge in [-0.3, -0.25) is 0 Å². The highest BCUT2D eigenvalue weighted by molar-refractivity contribution is 5.04. The molecule has 3 unspecified atom stereocenters. The molecule has 4 fully saturated rings. The Morgan fingerprint density at radius 3 is 2.38 bits per heavy atom. The Balaban J connectivity index is 1.60. The van der Waals surface area contributed by atoms with Gasteiger partial charge in [-0.05, 0) is 38.3 Å². The second-order valence-electron chi connectivity index (χ2n) is 6.54. The molecule has 2 N–H and O–H groups in total. The number of aliphatic hydroxyl groups excluding tert-OH is 1. The highest BCUT2D eigenvalue weighted by Gasteiger charge is 2.49. The molecule has 1 aliphatic carbocycles. The Hall–Kier alpha value is -0.120. The summed E-state index contributed by atoms with van der Waals surface area (Å²) in [6, 6.07) is 1.20. The van der Waals surface area contributed by atoms with E-state index in [1.807, 2.05) is 0 Å². The predicted molar refractivity (Wildman–Crippen MR) is 64.3 cm³/mol. The van der Waals surface area contributed by atoms with Crippen molar-refractivity contribution in [1.29, 1.82) is 0 Å². The van der Waals surface area contributed by atoms with Crippen molar-refractivity contribution in [3.63, 3.8) is 0 Å². The monoisotopic (exact) mass is 224 g/mol. The fourth-order valence-corrected chi connectivity index (χ4v) is 3.60. The first-order valence-corrected chi connectivity index (χ1v) is 6.74. The highest BCUT2D eigenvalue weighted by atomic mass is 16.3. The van der Waals surface area contributed by atoms with Crippen molar-refractivity contribution in [2.24, 2.45) is 11.3 Å². The van der Waals surface area contributed by atoms with Crippen LogP contribution in [0.2, 0.25) is 0 Å². The van der Waals surface area contributed by atoms with Crippen molar-refractivity contribution in [1.82, 2.24) is 10.2 Å². The topological polar surface area (TPSA) is 35.5 Å². The van der Waals surface area contributed by atoms with E-state index >= 15 is 0 Å². The third-order valence-corrected chi connectivity index (χ3v) is 5.29. The van der Waals surface area contributed by atoms with Crippen LogP contribution >= 0.6 is 0 Å². The van der Waals surface area contributed by atoms with E-state index in [1.54, 1.807) is 0 Å². The number of hydrogen-bond acceptors (Lipinski definition) is 3. The van der Waals surface area contributed by atoms with Gasteiger partial charge in [-0.1, -0.05) is 13.8 Å². The number of piperidine rings is 3. The summed E-state index contributed by atoms with van der Waals surface area (Å²) < 4.78 is 0. The van der Waals surface area contributed by atoms with Crippen molar-refractivity contribution in [2.75, 3.05) is 19.6 Å². The van der Waals surface area contributed by atoms with Crippen molar-refractivity contribution in [2.45, 2.75) is 51.3 Å². The van der Waals surface area contributed by atoms with E-state index in [2.05, 4.69) is 24.1 Å². The Morgan fingerprint density at radius 1 is 1.25 bits per heavy atom. The van der Waals surface area contributed by atoms with Crippen LogP contribution in [0, 0.1) is 11.3 Å². The van der Waals surface area contributed by atoms with Crippen LogP contribution in [-0.4, -0.2) is 47.8 Å². The number of aliphatic hydroxyl groups is 1. The Bertz CT molecular complexity index is 271. The van der Waals surface area contributed by atoms with Crippen LogP contribution in [0.4, 0.5) is 0 Å². The third-order valence-electron chi connectivity index (χ3n) is 5.29. The van der Waals surface area contributed by atoms with Gasteiger partial charge >= 0.3 is 0 Å². The first-order valence-electron chi connectivity index (χ1n) is 6.74. The summed E-state index contributed by atoms with van der Waals surface area (Å²) >= 11 is 0. The molecule has 0 aromatic rings. The molecule has 0 radical (unpaired) electrons. The Morgan fingerprint density at radius 2 is 1.94 bits per heavy atom. The molecule has 0 aromatic heterocycles. The smallest absolute Gasteiger partial charge is 0.0621 e. The zero-order valence-corrected chi connectivity index (χ0v) is 10.4. The average molecular weight is 224 g/mol. The molecule has 0 amide bonds. The normalized spacial score (nSPS) is 50.1. The van der Waals surface area contributed by atoms with E-state index in [9.17, 15) is 5.11 Å². The van der Waals surface area contributed by atoms with Crippen LogP contribution in [-0.2, 0) is 0 Å². The Kier molecular flexibility index (Phi) is 2.54. The second kappa shape index (κ2) is 3.69. The molecule has 4 aliphatic rings. The van der Waals surface area contributed by atoms with E-state index in [-0.39, 0.29) is 11.5 Å². The maximum absolute atomic E-state index is 9.76. The minimum atomic E-state index is -0.105. The van der Waals surface area contributed by atoms with E-state index in [4.69, 9.17) is 0 Å². The largest absolute Gasteiger partial charge is 0.392 e. The van der Waals surface area contributed by atoms with Crippen LogP contribution in [0.15, 0.2) is 0 Å². The van der Waals surface area contributed by atoms with E-state index < -0.39 is 0 Å². The molecule has 3 atom stereocenters. The van der Waals surface area contributed by atoms with Crippen molar-refractivity contribution in [3.05, 3.63) is 0 Å². The van der Waals surface area contributed by atoms with Gasteiger partial charge in [0, 0.05) is 24.0 Å². The fourth-order valence-electron chi connectivity index (χ4n) is 3.60. The summed E-state index contributed by atoms with van der Waals surface area (Å²) in [5.41, 5.74) is 0.0754. The van der Waals surface area contributed by atoms with Crippen LogP contribution in [0.25, 0.3) is 0 Å². The number of nitrogens with one attached hydrogen (secondary N) is 1. The van der Waals surface area contributed by atoms with Crippen molar-refractivity contribution >= 4 is 0 Å². The van der Waals surface area contributed by atoms with E-state index in [0.29, 0.717) is 12.1 Å². The van der Waals surface area contributed by atoms with Crippen LogP contribution in [0.1, 0.15) is 33.1 Å². The standard InChI is InChI=1S/C13H24N2O/c1-13(2)11(7-12(13)16)14-10-8-15-5-3-9(10)4-6-15/h9-12,14,16H,3-8H2,1-2H3. The first kappa shape index (κ1) is 11.0. The maximum atomic E-state index is 9.76. The van der Waals surface area contributed by atoms with Gasteiger partial charge in [0.15, 0.2) is 0 Å². The molecule has 0 aromatic carbocycles. The minimum absolute atomic E-state index is 0.0754. The maximum Gasteiger partial charge on any atom is 0.0621 e. The van der Waals surface area contributed by atoms with Gasteiger partial charge < -0.3 is 15.3 Å². The molecular weight excluding hydrogens is 200 g/mol. The lowest BCUT2D eigenvalue weighted by Crippen LogP contribution is -2.66. The van der Waals surface area contributed by atoms with Gasteiger partial charge in [-0.15, -0.1) is 0 Å². The third kappa shape index (κ3) is 1.60. The van der Waals surface area contributed by atoms with Gasteiger partial charge in [0.1, 0.15) is 0 Å². The SMILES string of the molecule is CC1(C)C(O)CC1NC1CN2CCC1CC2. The quantitative estimate of drug-likeness (QED) is 0.729. The van der Waals surface area contributed by atoms with E-state index in [1.165, 1.54) is 32.5 Å². The number of nitrogens with zero attached hydrogens (tertiary/aromatic N) is 1. The lowest BCUT2D eigenvalue weighted by Gasteiger charge is -2.54. The zero-order valence-electron chi connectivity index (χ0n) is 10.4. The molecule has 2 bridgehead atoms. The lowest BCUT2D eigenvalue weighted by atomic mass is 9.64. The molecule has 3 saturated heterocycles. The molecule has 4 rings (SSSR count). The molecule has 3 heterocycles. The van der Waals surface area contributed by atoms with Gasteiger partial charge in [-0.25, -0.2) is 0 Å². The molecule has 16 heavy (non-hydrogen) atoms. The molecule has 3 aliphatic heterocycles. The summed E-state index contributed by atoms with van der Waals surface area (Å²) in [5.74, 6) is 0.888. The molecule has 1 saturated carbocycles. The Labute approximate surface area is 98.2 Å². The van der Waals surface area contributed by atoms with Crippen molar-refractivity contribution in [3.8, 4) is 0 Å². The van der Waals surface area contributed by atoms with Crippen LogP contribution in [0.5, 0.6) is 0 Å². The van der Waals surface area contributed by atoms with Crippen molar-refractivity contribution < 1.29 is 5.11 Å². The highest BCUT2D eigenvalue weighted by Crippen LogP contribution is 2.41. The average Bonchev–Trinajstić information content (AvgIpc) is 2.30. The van der Waals surface area contributed by atoms with Gasteiger partial charge in [0.25, 0.3) is 0 Å². The number of hydrogen-bond donors (Lipinski definition) is 2. The van der Waals surface area contributed by atoms with Crippen LogP contribution < -0.4 is 5.32 Å². The van der Waals surface area contributed by atoms with Gasteiger partial charge in [0.05, 0.1) is 6.10 Å². The summed E-state index contributed by atoms with van der Waals surface area (Å²) in [7, 11) is 0. The summed E-state index contributed by atoms with van der Waals surface area (Å²) in [6.07, 6.45) is 3.57. The minimum Gasteiger partial charge on any atom is -0.392 e. The van der Waals surface area contributed by atoms with Crippen LogP contribution in [0.3, 0.4) is 0 Å². The molecule has 92 valence electrons. The molecular formula is C13H24N2O. The molecule has 3 heteroatoms. The fraction of sp³-hybridized carbons (Fsp3) is 1.00. The lowest BCUT2D eigenvalue weighted by molar-refractivity contribution is -0.0842. The molecule has 3 nitrogen and oxygen atoms in total. The second-order valence-corrected chi connectivity index (χ2v) is 6.54. The zero-order chi connectivity index (χ0) is 11.3. The number of rotatable bonds is 2. The summed E-state index contributed by atoms with van der Waals surface area (Å²) in [6.45, 7) is 8.20. The molecule has 0 spiro atoms.